The van der Waals surface area contributed by atoms with Crippen LogP contribution in [-0.2, 0) is 0 Å². The fraction of sp³-hybridized carbons (Fsp3) is 0.545. The highest BCUT2D eigenvalue weighted by Gasteiger charge is 2.20. The van der Waals surface area contributed by atoms with Crippen LogP contribution in [-0.4, -0.2) is 34.6 Å². The van der Waals surface area contributed by atoms with E-state index in [9.17, 15) is 9.90 Å². The predicted octanol–water partition coefficient (Wildman–Crippen LogP) is 1.98. The number of thiophene rings is 1. The van der Waals surface area contributed by atoms with Gasteiger partial charge in [0.15, 0.2) is 0 Å². The van der Waals surface area contributed by atoms with E-state index < -0.39 is 6.10 Å². The smallest absolute Gasteiger partial charge is 0.255 e. The van der Waals surface area contributed by atoms with Crippen molar-refractivity contribution in [2.45, 2.75) is 32.9 Å². The molecule has 0 radical (unpaired) electrons. The molecule has 1 unspecified atom stereocenters. The van der Waals surface area contributed by atoms with Gasteiger partial charge in [0.2, 0.25) is 0 Å². The Morgan fingerprint density at radius 3 is 2.60 bits per heavy atom. The van der Waals surface area contributed by atoms with E-state index in [1.54, 1.807) is 11.8 Å². The molecule has 0 aliphatic carbocycles. The van der Waals surface area contributed by atoms with Crippen molar-refractivity contribution in [3.05, 3.63) is 22.4 Å². The van der Waals surface area contributed by atoms with Crippen molar-refractivity contribution >= 4 is 17.2 Å². The minimum Gasteiger partial charge on any atom is -0.392 e. The highest BCUT2D eigenvalue weighted by atomic mass is 32.1. The number of amides is 1. The molecule has 0 bridgehead atoms. The second kappa shape index (κ2) is 5.28. The lowest BCUT2D eigenvalue weighted by atomic mass is 10.2. The van der Waals surface area contributed by atoms with Crippen LogP contribution in [0.25, 0.3) is 0 Å². The number of carbonyl (C=O) groups is 1. The Bertz CT molecular complexity index is 306. The average molecular weight is 227 g/mol. The van der Waals surface area contributed by atoms with Gasteiger partial charge in [-0.2, -0.15) is 11.3 Å². The third-order valence-corrected chi connectivity index (χ3v) is 2.80. The molecule has 1 N–H and O–H groups in total. The standard InChI is InChI=1S/C11H17NO2S/c1-8(2)12(6-9(3)13)11(14)10-4-5-15-7-10/h4-5,7-9,13H,6H2,1-3H3. The first-order valence-corrected chi connectivity index (χ1v) is 5.98. The number of hydrogen-bond acceptors (Lipinski definition) is 3. The van der Waals surface area contributed by atoms with Crippen molar-refractivity contribution in [2.24, 2.45) is 0 Å². The molecule has 0 saturated carbocycles. The molecule has 1 atom stereocenters. The maximum absolute atomic E-state index is 12.0. The number of hydrogen-bond donors (Lipinski definition) is 1. The third kappa shape index (κ3) is 3.32. The summed E-state index contributed by atoms with van der Waals surface area (Å²) in [5.74, 6) is -0.00727. The molecule has 0 aliphatic rings. The molecule has 0 spiro atoms. The van der Waals surface area contributed by atoms with E-state index in [0.717, 1.165) is 0 Å². The summed E-state index contributed by atoms with van der Waals surface area (Å²) < 4.78 is 0. The van der Waals surface area contributed by atoms with Gasteiger partial charge in [0.05, 0.1) is 11.7 Å². The van der Waals surface area contributed by atoms with Gasteiger partial charge in [-0.05, 0) is 32.2 Å². The van der Waals surface area contributed by atoms with Crippen molar-refractivity contribution in [3.8, 4) is 0 Å². The van der Waals surface area contributed by atoms with E-state index in [1.807, 2.05) is 30.7 Å². The number of aliphatic hydroxyl groups excluding tert-OH is 1. The number of carbonyl (C=O) groups excluding carboxylic acids is 1. The van der Waals surface area contributed by atoms with Crippen molar-refractivity contribution in [1.82, 2.24) is 4.90 Å². The van der Waals surface area contributed by atoms with Gasteiger partial charge < -0.3 is 10.0 Å². The first kappa shape index (κ1) is 12.2. The molecule has 15 heavy (non-hydrogen) atoms. The van der Waals surface area contributed by atoms with Crippen LogP contribution in [0.1, 0.15) is 31.1 Å². The van der Waals surface area contributed by atoms with E-state index in [-0.39, 0.29) is 11.9 Å². The van der Waals surface area contributed by atoms with Crippen LogP contribution in [0, 0.1) is 0 Å². The fourth-order valence-corrected chi connectivity index (χ4v) is 1.99. The topological polar surface area (TPSA) is 40.5 Å². The van der Waals surface area contributed by atoms with Gasteiger partial charge in [0, 0.05) is 18.0 Å². The molecule has 0 fully saturated rings. The molecule has 1 rings (SSSR count). The number of rotatable bonds is 4. The van der Waals surface area contributed by atoms with Crippen molar-refractivity contribution in [2.75, 3.05) is 6.54 Å². The molecule has 4 heteroatoms. The summed E-state index contributed by atoms with van der Waals surface area (Å²) in [6.45, 7) is 5.97. The van der Waals surface area contributed by atoms with Crippen LogP contribution in [0.2, 0.25) is 0 Å². The molecule has 0 saturated heterocycles. The van der Waals surface area contributed by atoms with Crippen LogP contribution < -0.4 is 0 Å². The molecule has 84 valence electrons. The Morgan fingerprint density at radius 2 is 2.20 bits per heavy atom. The summed E-state index contributed by atoms with van der Waals surface area (Å²) >= 11 is 1.51. The van der Waals surface area contributed by atoms with Gasteiger partial charge in [-0.15, -0.1) is 0 Å². The van der Waals surface area contributed by atoms with Gasteiger partial charge in [0.1, 0.15) is 0 Å². The van der Waals surface area contributed by atoms with Crippen molar-refractivity contribution in [3.63, 3.8) is 0 Å². The van der Waals surface area contributed by atoms with Crippen LogP contribution in [0.4, 0.5) is 0 Å². The van der Waals surface area contributed by atoms with Gasteiger partial charge in [-0.1, -0.05) is 0 Å². The summed E-state index contributed by atoms with van der Waals surface area (Å²) in [5, 5.41) is 13.0. The molecule has 3 nitrogen and oxygen atoms in total. The molecular weight excluding hydrogens is 210 g/mol. The normalized spacial score (nSPS) is 12.9. The second-order valence-electron chi connectivity index (χ2n) is 3.91. The van der Waals surface area contributed by atoms with Crippen molar-refractivity contribution < 1.29 is 9.90 Å². The second-order valence-corrected chi connectivity index (χ2v) is 4.69. The first-order valence-electron chi connectivity index (χ1n) is 5.03. The Labute approximate surface area is 94.3 Å². The van der Waals surface area contributed by atoms with E-state index in [2.05, 4.69) is 0 Å². The fourth-order valence-electron chi connectivity index (χ4n) is 1.36. The highest BCUT2D eigenvalue weighted by Crippen LogP contribution is 2.12. The minimum atomic E-state index is -0.491. The van der Waals surface area contributed by atoms with Crippen LogP contribution in [0.3, 0.4) is 0 Å². The number of aliphatic hydroxyl groups is 1. The summed E-state index contributed by atoms with van der Waals surface area (Å²) in [6, 6.07) is 1.91. The summed E-state index contributed by atoms with van der Waals surface area (Å²) in [5.41, 5.74) is 0.703. The summed E-state index contributed by atoms with van der Waals surface area (Å²) in [7, 11) is 0. The molecule has 0 aliphatic heterocycles. The van der Waals surface area contributed by atoms with Gasteiger partial charge in [-0.3, -0.25) is 4.79 Å². The first-order chi connectivity index (χ1) is 7.02. The summed E-state index contributed by atoms with van der Waals surface area (Å²) in [4.78, 5) is 13.7. The molecule has 1 aromatic rings. The van der Waals surface area contributed by atoms with Crippen LogP contribution >= 0.6 is 11.3 Å². The Balaban J connectivity index is 2.76. The zero-order valence-electron chi connectivity index (χ0n) is 9.30. The zero-order chi connectivity index (χ0) is 11.4. The molecule has 1 amide bonds. The number of nitrogens with zero attached hydrogens (tertiary/aromatic N) is 1. The SMILES string of the molecule is CC(O)CN(C(=O)c1ccsc1)C(C)C. The maximum atomic E-state index is 12.0. The lowest BCUT2D eigenvalue weighted by Gasteiger charge is -2.27. The molecule has 0 aromatic carbocycles. The quantitative estimate of drug-likeness (QED) is 0.854. The van der Waals surface area contributed by atoms with E-state index >= 15 is 0 Å². The van der Waals surface area contributed by atoms with Crippen LogP contribution in [0.15, 0.2) is 16.8 Å². The molecule has 1 aromatic heterocycles. The average Bonchev–Trinajstić information content (AvgIpc) is 2.65. The molecular formula is C11H17NO2S. The van der Waals surface area contributed by atoms with Crippen molar-refractivity contribution in [1.29, 1.82) is 0 Å². The third-order valence-electron chi connectivity index (χ3n) is 2.11. The lowest BCUT2D eigenvalue weighted by molar-refractivity contribution is 0.0579. The van der Waals surface area contributed by atoms with Crippen LogP contribution in [0.5, 0.6) is 0 Å². The van der Waals surface area contributed by atoms with Gasteiger partial charge in [0.25, 0.3) is 5.91 Å². The molecule has 1 heterocycles. The predicted molar refractivity (Wildman–Crippen MR) is 62.2 cm³/mol. The largest absolute Gasteiger partial charge is 0.392 e. The summed E-state index contributed by atoms with van der Waals surface area (Å²) in [6.07, 6.45) is -0.491. The Kier molecular flexibility index (Phi) is 4.29. The lowest BCUT2D eigenvalue weighted by Crippen LogP contribution is -2.41. The van der Waals surface area contributed by atoms with Gasteiger partial charge in [-0.25, -0.2) is 0 Å². The van der Waals surface area contributed by atoms with E-state index in [4.69, 9.17) is 0 Å². The highest BCUT2D eigenvalue weighted by molar-refractivity contribution is 7.08. The maximum Gasteiger partial charge on any atom is 0.255 e. The Morgan fingerprint density at radius 1 is 1.53 bits per heavy atom. The zero-order valence-corrected chi connectivity index (χ0v) is 10.1. The monoisotopic (exact) mass is 227 g/mol. The minimum absolute atomic E-state index is 0.00727. The Hall–Kier alpha value is -0.870. The van der Waals surface area contributed by atoms with E-state index in [1.165, 1.54) is 11.3 Å². The van der Waals surface area contributed by atoms with E-state index in [0.29, 0.717) is 12.1 Å². The van der Waals surface area contributed by atoms with Gasteiger partial charge >= 0.3 is 0 Å².